The first-order chi connectivity index (χ1) is 10.3. The first-order valence-corrected chi connectivity index (χ1v) is 11.9. The van der Waals surface area contributed by atoms with E-state index in [-0.39, 0.29) is 17.2 Å². The zero-order valence-electron chi connectivity index (χ0n) is 16.5. The summed E-state index contributed by atoms with van der Waals surface area (Å²) in [6.45, 7) is 18.6. The molecule has 0 N–H and O–H groups in total. The molecular formula is C18H37NO3Si. The van der Waals surface area contributed by atoms with Crippen LogP contribution in [0.15, 0.2) is 0 Å². The average Bonchev–Trinajstić information content (AvgIpc) is 2.35. The lowest BCUT2D eigenvalue weighted by atomic mass is 10.0. The number of ether oxygens (including phenoxy) is 1. The summed E-state index contributed by atoms with van der Waals surface area (Å²) < 4.78 is 11.8. The SMILES string of the molecule is CC(C)(C)OC(=O)N1CCCC[C@@H]1CCO[Si](C)(C)C(C)(C)C. The maximum Gasteiger partial charge on any atom is 0.410 e. The van der Waals surface area contributed by atoms with E-state index in [9.17, 15) is 4.79 Å². The van der Waals surface area contributed by atoms with Gasteiger partial charge in [-0.3, -0.25) is 0 Å². The number of carbonyl (C=O) groups excluding carboxylic acids is 1. The monoisotopic (exact) mass is 343 g/mol. The van der Waals surface area contributed by atoms with Crippen molar-refractivity contribution in [2.75, 3.05) is 13.2 Å². The number of likely N-dealkylation sites (tertiary alicyclic amines) is 1. The second kappa shape index (κ2) is 7.56. The fourth-order valence-corrected chi connectivity index (χ4v) is 3.59. The van der Waals surface area contributed by atoms with Crippen LogP contribution in [0.1, 0.15) is 67.2 Å². The van der Waals surface area contributed by atoms with E-state index < -0.39 is 13.9 Å². The Morgan fingerprint density at radius 1 is 1.13 bits per heavy atom. The van der Waals surface area contributed by atoms with Crippen LogP contribution in [-0.4, -0.2) is 44.1 Å². The zero-order chi connectivity index (χ0) is 17.9. The van der Waals surface area contributed by atoms with Crippen molar-refractivity contribution in [3.05, 3.63) is 0 Å². The molecule has 1 saturated heterocycles. The van der Waals surface area contributed by atoms with Crippen molar-refractivity contribution in [2.45, 2.75) is 97.0 Å². The lowest BCUT2D eigenvalue weighted by Gasteiger charge is -2.39. The van der Waals surface area contributed by atoms with Crippen molar-refractivity contribution < 1.29 is 14.0 Å². The summed E-state index contributed by atoms with van der Waals surface area (Å²) in [6.07, 6.45) is 4.05. The lowest BCUT2D eigenvalue weighted by molar-refractivity contribution is 0.00724. The second-order valence-electron chi connectivity index (χ2n) is 9.22. The second-order valence-corrected chi connectivity index (χ2v) is 14.0. The van der Waals surface area contributed by atoms with E-state index in [4.69, 9.17) is 9.16 Å². The molecule has 136 valence electrons. The molecule has 0 aromatic carbocycles. The summed E-state index contributed by atoms with van der Waals surface area (Å²) >= 11 is 0. The molecular weight excluding hydrogens is 306 g/mol. The van der Waals surface area contributed by atoms with Crippen LogP contribution in [0.3, 0.4) is 0 Å². The van der Waals surface area contributed by atoms with Gasteiger partial charge in [-0.2, -0.15) is 0 Å². The van der Waals surface area contributed by atoms with Crippen molar-refractivity contribution in [3.8, 4) is 0 Å². The smallest absolute Gasteiger partial charge is 0.410 e. The predicted octanol–water partition coefficient (Wildman–Crippen LogP) is 5.19. The highest BCUT2D eigenvalue weighted by atomic mass is 28.4. The highest BCUT2D eigenvalue weighted by molar-refractivity contribution is 6.74. The Morgan fingerprint density at radius 2 is 1.74 bits per heavy atom. The Labute approximate surface area is 144 Å². The van der Waals surface area contributed by atoms with Crippen LogP contribution >= 0.6 is 0 Å². The van der Waals surface area contributed by atoms with E-state index in [0.717, 1.165) is 32.4 Å². The molecule has 1 amide bonds. The third-order valence-electron chi connectivity index (χ3n) is 4.98. The highest BCUT2D eigenvalue weighted by Gasteiger charge is 2.37. The average molecular weight is 344 g/mol. The van der Waals surface area contributed by atoms with Gasteiger partial charge in [0.15, 0.2) is 8.32 Å². The fraction of sp³-hybridized carbons (Fsp3) is 0.944. The van der Waals surface area contributed by atoms with Gasteiger partial charge in [-0.1, -0.05) is 20.8 Å². The fourth-order valence-electron chi connectivity index (χ4n) is 2.53. The molecule has 1 rings (SSSR count). The zero-order valence-corrected chi connectivity index (χ0v) is 17.5. The topological polar surface area (TPSA) is 38.8 Å². The predicted molar refractivity (Wildman–Crippen MR) is 98.3 cm³/mol. The number of carbonyl (C=O) groups is 1. The number of piperidine rings is 1. The van der Waals surface area contributed by atoms with Crippen LogP contribution < -0.4 is 0 Å². The van der Waals surface area contributed by atoms with Crippen molar-refractivity contribution in [2.24, 2.45) is 0 Å². The molecule has 0 aromatic rings. The largest absolute Gasteiger partial charge is 0.444 e. The first kappa shape index (κ1) is 20.5. The maximum atomic E-state index is 12.4. The van der Waals surface area contributed by atoms with Gasteiger partial charge < -0.3 is 14.1 Å². The Kier molecular flexibility index (Phi) is 6.73. The maximum absolute atomic E-state index is 12.4. The van der Waals surface area contributed by atoms with Gasteiger partial charge in [0.1, 0.15) is 5.60 Å². The molecule has 4 nitrogen and oxygen atoms in total. The van der Waals surface area contributed by atoms with Crippen LogP contribution in [0.2, 0.25) is 18.1 Å². The summed E-state index contributed by atoms with van der Waals surface area (Å²) in [5.74, 6) is 0. The molecule has 1 aliphatic rings. The van der Waals surface area contributed by atoms with Crippen LogP contribution in [0, 0.1) is 0 Å². The summed E-state index contributed by atoms with van der Waals surface area (Å²) in [5.41, 5.74) is -0.434. The molecule has 1 atom stereocenters. The summed E-state index contributed by atoms with van der Waals surface area (Å²) in [7, 11) is -1.71. The van der Waals surface area contributed by atoms with Crippen molar-refractivity contribution in [3.63, 3.8) is 0 Å². The molecule has 0 aliphatic carbocycles. The van der Waals surface area contributed by atoms with Crippen LogP contribution in [0.4, 0.5) is 4.79 Å². The molecule has 0 bridgehead atoms. The minimum atomic E-state index is -1.71. The molecule has 1 fully saturated rings. The number of nitrogens with zero attached hydrogens (tertiary/aromatic N) is 1. The Balaban J connectivity index is 2.58. The minimum absolute atomic E-state index is 0.172. The molecule has 5 heteroatoms. The molecule has 0 saturated carbocycles. The van der Waals surface area contributed by atoms with E-state index in [1.165, 1.54) is 6.42 Å². The molecule has 1 aliphatic heterocycles. The third kappa shape index (κ3) is 6.46. The first-order valence-electron chi connectivity index (χ1n) is 8.97. The van der Waals surface area contributed by atoms with Crippen LogP contribution in [0.5, 0.6) is 0 Å². The van der Waals surface area contributed by atoms with Crippen molar-refractivity contribution in [1.82, 2.24) is 4.90 Å². The Bertz CT molecular complexity index is 396. The molecule has 0 unspecified atom stereocenters. The lowest BCUT2D eigenvalue weighted by Crippen LogP contribution is -2.47. The molecule has 0 spiro atoms. The molecule has 0 radical (unpaired) electrons. The van der Waals surface area contributed by atoms with Gasteiger partial charge >= 0.3 is 6.09 Å². The molecule has 1 heterocycles. The minimum Gasteiger partial charge on any atom is -0.444 e. The van der Waals surface area contributed by atoms with E-state index in [0.29, 0.717) is 0 Å². The van der Waals surface area contributed by atoms with Gasteiger partial charge in [0.25, 0.3) is 0 Å². The van der Waals surface area contributed by atoms with E-state index in [2.05, 4.69) is 33.9 Å². The van der Waals surface area contributed by atoms with E-state index >= 15 is 0 Å². The van der Waals surface area contributed by atoms with Gasteiger partial charge in [0.2, 0.25) is 0 Å². The Hall–Kier alpha value is -0.553. The third-order valence-corrected chi connectivity index (χ3v) is 9.51. The van der Waals surface area contributed by atoms with Crippen molar-refractivity contribution in [1.29, 1.82) is 0 Å². The van der Waals surface area contributed by atoms with Gasteiger partial charge in [-0.05, 0) is 64.6 Å². The van der Waals surface area contributed by atoms with Crippen LogP contribution in [-0.2, 0) is 9.16 Å². The normalized spacial score (nSPS) is 20.5. The van der Waals surface area contributed by atoms with E-state index in [1.54, 1.807) is 0 Å². The van der Waals surface area contributed by atoms with Gasteiger partial charge in [-0.15, -0.1) is 0 Å². The van der Waals surface area contributed by atoms with Gasteiger partial charge in [0, 0.05) is 19.2 Å². The highest BCUT2D eigenvalue weighted by Crippen LogP contribution is 2.36. The van der Waals surface area contributed by atoms with Gasteiger partial charge in [0.05, 0.1) is 0 Å². The summed E-state index contributed by atoms with van der Waals surface area (Å²) in [4.78, 5) is 14.3. The number of rotatable bonds is 4. The van der Waals surface area contributed by atoms with Crippen molar-refractivity contribution >= 4 is 14.4 Å². The quantitative estimate of drug-likeness (QED) is 0.660. The number of hydrogen-bond donors (Lipinski definition) is 0. The summed E-state index contributed by atoms with van der Waals surface area (Å²) in [5, 5.41) is 0.227. The van der Waals surface area contributed by atoms with Gasteiger partial charge in [-0.25, -0.2) is 4.79 Å². The summed E-state index contributed by atoms with van der Waals surface area (Å²) in [6, 6.07) is 0.253. The van der Waals surface area contributed by atoms with E-state index in [1.807, 2.05) is 25.7 Å². The van der Waals surface area contributed by atoms with Crippen LogP contribution in [0.25, 0.3) is 0 Å². The Morgan fingerprint density at radius 3 is 2.26 bits per heavy atom. The molecule has 23 heavy (non-hydrogen) atoms. The number of amides is 1. The number of hydrogen-bond acceptors (Lipinski definition) is 3. The standard InChI is InChI=1S/C18H37NO3Si/c1-17(2,3)22-16(20)19-13-10-9-11-15(19)12-14-21-23(7,8)18(4,5)6/h15H,9-14H2,1-8H3/t15-/m1/s1. The molecule has 0 aromatic heterocycles.